The molecule has 0 spiro atoms. The smallest absolute Gasteiger partial charge is 0.167 e. The molecule has 1 heterocycles. The van der Waals surface area contributed by atoms with E-state index in [9.17, 15) is 19.8 Å². The van der Waals surface area contributed by atoms with Crippen molar-refractivity contribution in [2.75, 3.05) is 0 Å². The number of carbonyl (C=O) groups is 2. The van der Waals surface area contributed by atoms with Crippen molar-refractivity contribution in [3.63, 3.8) is 0 Å². The summed E-state index contributed by atoms with van der Waals surface area (Å²) in [6, 6.07) is 17.9. The molecule has 7 heteroatoms. The number of hydrogen-bond donors (Lipinski definition) is 2. The lowest BCUT2D eigenvalue weighted by Gasteiger charge is -2.11. The summed E-state index contributed by atoms with van der Waals surface area (Å²) in [5.74, 6) is 0.120. The lowest BCUT2D eigenvalue weighted by molar-refractivity contribution is 0.101. The number of phenolic OH excluding ortho intramolecular Hbond substituents is 2. The van der Waals surface area contributed by atoms with Crippen LogP contribution < -0.4 is 0 Å². The Kier molecular flexibility index (Phi) is 5.47. The Balaban J connectivity index is 2.01. The maximum Gasteiger partial charge on any atom is 0.167 e. The maximum absolute atomic E-state index is 12.0. The van der Waals surface area contributed by atoms with Crippen LogP contribution >= 0.6 is 0 Å². The monoisotopic (exact) mass is 425 g/mol. The van der Waals surface area contributed by atoms with Crippen molar-refractivity contribution in [3.8, 4) is 45.7 Å². The standard InChI is InChI=1S/C25H19N3O4/c1-14(29)16-11-17(15(2)30)13-18(12-16)23-26-24(19-7-3-5-9-21(19)31)28-25(27-23)20-8-4-6-10-22(20)32/h3-13,31-32H,1-2H3. The van der Waals surface area contributed by atoms with Gasteiger partial charge in [0.25, 0.3) is 0 Å². The summed E-state index contributed by atoms with van der Waals surface area (Å²) in [6.45, 7) is 2.83. The molecule has 4 rings (SSSR count). The molecule has 0 saturated heterocycles. The van der Waals surface area contributed by atoms with Gasteiger partial charge in [0.05, 0.1) is 11.1 Å². The zero-order chi connectivity index (χ0) is 22.8. The maximum atomic E-state index is 12.0. The summed E-state index contributed by atoms with van der Waals surface area (Å²) >= 11 is 0. The van der Waals surface area contributed by atoms with Gasteiger partial charge in [0.2, 0.25) is 0 Å². The Morgan fingerprint density at radius 3 is 1.44 bits per heavy atom. The van der Waals surface area contributed by atoms with E-state index < -0.39 is 0 Å². The lowest BCUT2D eigenvalue weighted by atomic mass is 10.0. The molecule has 0 aliphatic carbocycles. The zero-order valence-electron chi connectivity index (χ0n) is 17.4. The Bertz CT molecular complexity index is 1270. The molecule has 1 aromatic heterocycles. The van der Waals surface area contributed by atoms with E-state index in [4.69, 9.17) is 0 Å². The van der Waals surface area contributed by atoms with E-state index in [0.717, 1.165) is 0 Å². The molecule has 0 atom stereocenters. The predicted octanol–water partition coefficient (Wildman–Crippen LogP) is 4.69. The fraction of sp³-hybridized carbons (Fsp3) is 0.0800. The van der Waals surface area contributed by atoms with E-state index in [-0.39, 0.29) is 40.5 Å². The van der Waals surface area contributed by atoms with Crippen molar-refractivity contribution in [3.05, 3.63) is 77.9 Å². The minimum absolute atomic E-state index is 0.0187. The van der Waals surface area contributed by atoms with Crippen LogP contribution in [-0.2, 0) is 0 Å². The molecule has 0 aliphatic rings. The Morgan fingerprint density at radius 2 is 1.03 bits per heavy atom. The Morgan fingerprint density at radius 1 is 0.625 bits per heavy atom. The van der Waals surface area contributed by atoms with E-state index in [0.29, 0.717) is 27.8 Å². The number of nitrogens with zero attached hydrogens (tertiary/aromatic N) is 3. The molecule has 7 nitrogen and oxygen atoms in total. The van der Waals surface area contributed by atoms with Gasteiger partial charge in [-0.05, 0) is 56.3 Å². The van der Waals surface area contributed by atoms with E-state index >= 15 is 0 Å². The van der Waals surface area contributed by atoms with Crippen LogP contribution in [0.1, 0.15) is 34.6 Å². The zero-order valence-corrected chi connectivity index (χ0v) is 17.4. The SMILES string of the molecule is CC(=O)c1cc(C(C)=O)cc(-c2nc(-c3ccccc3O)nc(-c3ccccc3O)n2)c1. The van der Waals surface area contributed by atoms with Crippen LogP contribution in [0.2, 0.25) is 0 Å². The van der Waals surface area contributed by atoms with Crippen LogP contribution in [0.4, 0.5) is 0 Å². The Hall–Kier alpha value is -4.39. The van der Waals surface area contributed by atoms with Crippen LogP contribution in [0.15, 0.2) is 66.7 Å². The Labute approximate surface area is 184 Å². The predicted molar refractivity (Wildman–Crippen MR) is 119 cm³/mol. The third kappa shape index (κ3) is 4.09. The van der Waals surface area contributed by atoms with Crippen LogP contribution in [0.5, 0.6) is 11.5 Å². The number of hydrogen-bond acceptors (Lipinski definition) is 7. The van der Waals surface area contributed by atoms with Crippen LogP contribution in [-0.4, -0.2) is 36.7 Å². The fourth-order valence-electron chi connectivity index (χ4n) is 3.23. The fourth-order valence-corrected chi connectivity index (χ4v) is 3.23. The van der Waals surface area contributed by atoms with Gasteiger partial charge in [-0.2, -0.15) is 0 Å². The first kappa shape index (κ1) is 20.9. The number of ketones is 2. The van der Waals surface area contributed by atoms with Crippen LogP contribution in [0.25, 0.3) is 34.2 Å². The molecule has 0 aliphatic heterocycles. The summed E-state index contributed by atoms with van der Waals surface area (Å²) in [7, 11) is 0. The minimum atomic E-state index is -0.203. The first-order chi connectivity index (χ1) is 15.3. The van der Waals surface area contributed by atoms with Gasteiger partial charge in [-0.15, -0.1) is 0 Å². The third-order valence-corrected chi connectivity index (χ3v) is 4.93. The van der Waals surface area contributed by atoms with Gasteiger partial charge in [-0.1, -0.05) is 24.3 Å². The third-order valence-electron chi connectivity index (χ3n) is 4.93. The second-order valence-electron chi connectivity index (χ2n) is 7.25. The van der Waals surface area contributed by atoms with Crippen LogP contribution in [0, 0.1) is 0 Å². The normalized spacial score (nSPS) is 10.7. The average molecular weight is 425 g/mol. The summed E-state index contributed by atoms with van der Waals surface area (Å²) in [4.78, 5) is 37.5. The van der Waals surface area contributed by atoms with Crippen molar-refractivity contribution in [2.24, 2.45) is 0 Å². The lowest BCUT2D eigenvalue weighted by Crippen LogP contribution is -2.03. The van der Waals surface area contributed by atoms with Gasteiger partial charge in [-0.25, -0.2) is 15.0 Å². The molecule has 0 fully saturated rings. The quantitative estimate of drug-likeness (QED) is 0.446. The number of aromatic hydroxyl groups is 2. The molecule has 0 saturated carbocycles. The number of benzene rings is 3. The van der Waals surface area contributed by atoms with Gasteiger partial charge < -0.3 is 10.2 Å². The van der Waals surface area contributed by atoms with Gasteiger partial charge in [-0.3, -0.25) is 9.59 Å². The van der Waals surface area contributed by atoms with E-state index in [2.05, 4.69) is 15.0 Å². The molecule has 2 N–H and O–H groups in total. The molecule has 0 unspecified atom stereocenters. The molecule has 3 aromatic carbocycles. The molecular weight excluding hydrogens is 406 g/mol. The van der Waals surface area contributed by atoms with Crippen LogP contribution in [0.3, 0.4) is 0 Å². The molecule has 0 amide bonds. The number of rotatable bonds is 5. The van der Waals surface area contributed by atoms with Gasteiger partial charge in [0.15, 0.2) is 29.0 Å². The highest BCUT2D eigenvalue weighted by Crippen LogP contribution is 2.32. The van der Waals surface area contributed by atoms with Crippen molar-refractivity contribution >= 4 is 11.6 Å². The molecule has 4 aromatic rings. The largest absolute Gasteiger partial charge is 0.507 e. The van der Waals surface area contributed by atoms with Crippen molar-refractivity contribution in [1.29, 1.82) is 0 Å². The summed E-state index contributed by atoms with van der Waals surface area (Å²) in [6.07, 6.45) is 0. The summed E-state index contributed by atoms with van der Waals surface area (Å²) in [5, 5.41) is 20.7. The van der Waals surface area contributed by atoms with Crippen molar-refractivity contribution < 1.29 is 19.8 Å². The first-order valence-corrected chi connectivity index (χ1v) is 9.83. The summed E-state index contributed by atoms with van der Waals surface area (Å²) < 4.78 is 0. The number of aromatic nitrogens is 3. The first-order valence-electron chi connectivity index (χ1n) is 9.83. The van der Waals surface area contributed by atoms with Crippen molar-refractivity contribution in [1.82, 2.24) is 15.0 Å². The second kappa shape index (κ2) is 8.39. The van der Waals surface area contributed by atoms with E-state index in [1.165, 1.54) is 32.0 Å². The highest BCUT2D eigenvalue weighted by Gasteiger charge is 2.18. The van der Waals surface area contributed by atoms with E-state index in [1.54, 1.807) is 48.5 Å². The highest BCUT2D eigenvalue weighted by molar-refractivity contribution is 6.01. The van der Waals surface area contributed by atoms with E-state index in [1.807, 2.05) is 0 Å². The van der Waals surface area contributed by atoms with Gasteiger partial charge in [0, 0.05) is 16.7 Å². The number of phenols is 2. The molecule has 32 heavy (non-hydrogen) atoms. The summed E-state index contributed by atoms with van der Waals surface area (Å²) in [5.41, 5.74) is 1.89. The number of carbonyl (C=O) groups excluding carboxylic acids is 2. The average Bonchev–Trinajstić information content (AvgIpc) is 2.79. The van der Waals surface area contributed by atoms with Crippen molar-refractivity contribution in [2.45, 2.75) is 13.8 Å². The molecule has 0 radical (unpaired) electrons. The number of Topliss-reactive ketones (excluding diaryl/α,β-unsaturated/α-hetero) is 2. The second-order valence-corrected chi connectivity index (χ2v) is 7.25. The molecule has 158 valence electrons. The topological polar surface area (TPSA) is 113 Å². The van der Waals surface area contributed by atoms with Gasteiger partial charge in [0.1, 0.15) is 11.5 Å². The molecular formula is C25H19N3O4. The number of para-hydroxylation sites is 2. The minimum Gasteiger partial charge on any atom is -0.507 e. The molecule has 0 bridgehead atoms. The highest BCUT2D eigenvalue weighted by atomic mass is 16.3. The van der Waals surface area contributed by atoms with Gasteiger partial charge >= 0.3 is 0 Å².